The van der Waals surface area contributed by atoms with Crippen LogP contribution < -0.4 is 17.1 Å². The zero-order valence-electron chi connectivity index (χ0n) is 23.1. The maximum Gasteiger partial charge on any atom is 0.136 e. The summed E-state index contributed by atoms with van der Waals surface area (Å²) < 4.78 is 0. The van der Waals surface area contributed by atoms with E-state index >= 15 is 0 Å². The van der Waals surface area contributed by atoms with E-state index in [-0.39, 0.29) is 5.41 Å². The third-order valence-corrected chi connectivity index (χ3v) is 11.7. The van der Waals surface area contributed by atoms with Gasteiger partial charge in [-0.05, 0) is 110 Å². The van der Waals surface area contributed by atoms with Crippen molar-refractivity contribution in [2.24, 2.45) is 68.5 Å². The fourth-order valence-corrected chi connectivity index (χ4v) is 9.29. The monoisotopic (exact) mass is 460 g/mol. The Morgan fingerprint density at radius 1 is 0.970 bits per heavy atom. The van der Waals surface area contributed by atoms with Gasteiger partial charge in [-0.1, -0.05) is 61.3 Å². The molecule has 0 heterocycles. The molecule has 4 fully saturated rings. The fourth-order valence-electron chi connectivity index (χ4n) is 9.29. The van der Waals surface area contributed by atoms with Gasteiger partial charge in [0.15, 0.2) is 0 Å². The summed E-state index contributed by atoms with van der Waals surface area (Å²) in [5, 5.41) is 3.84. The molecular formula is C29H56N4. The lowest BCUT2D eigenvalue weighted by molar-refractivity contribution is -0.113. The summed E-state index contributed by atoms with van der Waals surface area (Å²) in [5.74, 6) is 17.2. The van der Waals surface area contributed by atoms with Crippen molar-refractivity contribution in [2.45, 2.75) is 126 Å². The van der Waals surface area contributed by atoms with Crippen LogP contribution in [-0.2, 0) is 0 Å². The molecule has 4 heteroatoms. The minimum atomic E-state index is 0.263. The van der Waals surface area contributed by atoms with E-state index in [4.69, 9.17) is 11.7 Å². The van der Waals surface area contributed by atoms with Crippen molar-refractivity contribution >= 4 is 5.84 Å². The van der Waals surface area contributed by atoms with Gasteiger partial charge in [0.25, 0.3) is 0 Å². The zero-order chi connectivity index (χ0) is 24.4. The molecule has 4 saturated carbocycles. The Morgan fingerprint density at radius 2 is 1.67 bits per heavy atom. The second kappa shape index (κ2) is 10.5. The maximum atomic E-state index is 5.61. The third kappa shape index (κ3) is 4.84. The van der Waals surface area contributed by atoms with Gasteiger partial charge in [0.2, 0.25) is 0 Å². The molecule has 0 aliphatic heterocycles. The standard InChI is InChI=1S/C27H50N4.C2H6/c1-18(16-24(30-28)31-29)25(2,3)17-20-10-12-22-21-11-9-19-8-6-7-14-26(19,4)23(21)13-15-27(20,22)5;1-2/h18-23H,6-17,28-29H2,1-5H3,(H,30,31);1-2H3. The number of hydrogen-bond acceptors (Lipinski definition) is 3. The molecule has 5 N–H and O–H groups in total. The molecule has 0 aromatic carbocycles. The molecule has 0 radical (unpaired) electrons. The summed E-state index contributed by atoms with van der Waals surface area (Å²) in [7, 11) is 0. The highest BCUT2D eigenvalue weighted by Crippen LogP contribution is 2.68. The third-order valence-electron chi connectivity index (χ3n) is 11.7. The first-order valence-electron chi connectivity index (χ1n) is 14.4. The van der Waals surface area contributed by atoms with Gasteiger partial charge < -0.3 is 11.3 Å². The summed E-state index contributed by atoms with van der Waals surface area (Å²) in [6.07, 6.45) is 17.1. The number of hydrazine groups is 1. The summed E-state index contributed by atoms with van der Waals surface area (Å²) in [6, 6.07) is 0. The van der Waals surface area contributed by atoms with Gasteiger partial charge in [0.05, 0.1) is 0 Å². The number of rotatable bonds is 5. The molecule has 8 unspecified atom stereocenters. The van der Waals surface area contributed by atoms with E-state index in [2.05, 4.69) is 45.1 Å². The number of hydrazone groups is 1. The predicted molar refractivity (Wildman–Crippen MR) is 142 cm³/mol. The van der Waals surface area contributed by atoms with E-state index in [1.54, 1.807) is 0 Å². The fraction of sp³-hybridized carbons (Fsp3) is 0.966. The molecule has 0 saturated heterocycles. The SMILES string of the molecule is CC.CC(C/C(=N/N)NN)C(C)(C)CC1CCC2C3CCC4CCCCC4(C)C3CCC12C. The largest absolute Gasteiger partial charge is 0.322 e. The molecule has 4 aliphatic carbocycles. The number of fused-ring (bicyclic) bond motifs is 5. The van der Waals surface area contributed by atoms with Gasteiger partial charge in [-0.25, -0.2) is 5.84 Å². The summed E-state index contributed by atoms with van der Waals surface area (Å²) in [5.41, 5.74) is 4.15. The molecule has 4 rings (SSSR count). The van der Waals surface area contributed by atoms with Crippen molar-refractivity contribution in [2.75, 3.05) is 0 Å². The van der Waals surface area contributed by atoms with Crippen molar-refractivity contribution in [3.63, 3.8) is 0 Å². The van der Waals surface area contributed by atoms with Crippen LogP contribution in [0.1, 0.15) is 126 Å². The van der Waals surface area contributed by atoms with Gasteiger partial charge in [0.1, 0.15) is 5.84 Å². The molecule has 0 aromatic heterocycles. The van der Waals surface area contributed by atoms with Crippen LogP contribution in [0.15, 0.2) is 5.10 Å². The lowest BCUT2D eigenvalue weighted by Crippen LogP contribution is -2.52. The molecule has 0 bridgehead atoms. The van der Waals surface area contributed by atoms with Crippen LogP contribution >= 0.6 is 0 Å². The molecule has 4 nitrogen and oxygen atoms in total. The number of nitrogens with one attached hydrogen (secondary N) is 1. The normalized spacial score (nSPS) is 41.7. The van der Waals surface area contributed by atoms with E-state index in [1.807, 2.05) is 13.8 Å². The minimum absolute atomic E-state index is 0.263. The highest BCUT2D eigenvalue weighted by atomic mass is 15.3. The van der Waals surface area contributed by atoms with Gasteiger partial charge >= 0.3 is 0 Å². The molecule has 192 valence electrons. The Labute approximate surface area is 205 Å². The van der Waals surface area contributed by atoms with Gasteiger partial charge in [0, 0.05) is 6.42 Å². The van der Waals surface area contributed by atoms with E-state index < -0.39 is 0 Å². The number of hydrogen-bond donors (Lipinski definition) is 3. The number of amidine groups is 1. The predicted octanol–water partition coefficient (Wildman–Crippen LogP) is 7.24. The molecule has 0 aromatic rings. The molecular weight excluding hydrogens is 404 g/mol. The Kier molecular flexibility index (Phi) is 8.51. The van der Waals surface area contributed by atoms with E-state index in [1.165, 1.54) is 70.6 Å². The average Bonchev–Trinajstić information content (AvgIpc) is 3.13. The Bertz CT molecular complexity index is 673. The number of nitrogens with two attached hydrogens (primary N) is 2. The van der Waals surface area contributed by atoms with E-state index in [0.29, 0.717) is 22.6 Å². The lowest BCUT2D eigenvalue weighted by Gasteiger charge is -2.61. The number of nitrogens with zero attached hydrogens (tertiary/aromatic N) is 1. The Hall–Kier alpha value is -0.770. The molecule has 0 amide bonds. The highest BCUT2D eigenvalue weighted by molar-refractivity contribution is 5.81. The van der Waals surface area contributed by atoms with Crippen LogP contribution in [0.5, 0.6) is 0 Å². The topological polar surface area (TPSA) is 76.4 Å². The van der Waals surface area contributed by atoms with Crippen molar-refractivity contribution in [1.29, 1.82) is 0 Å². The summed E-state index contributed by atoms with van der Waals surface area (Å²) >= 11 is 0. The molecule has 0 spiro atoms. The van der Waals surface area contributed by atoms with Crippen LogP contribution in [0.2, 0.25) is 0 Å². The maximum absolute atomic E-state index is 5.61. The van der Waals surface area contributed by atoms with Crippen molar-refractivity contribution in [1.82, 2.24) is 5.43 Å². The summed E-state index contributed by atoms with van der Waals surface area (Å²) in [6.45, 7) is 16.7. The quantitative estimate of drug-likeness (QED) is 0.175. The van der Waals surface area contributed by atoms with Crippen LogP contribution in [0.4, 0.5) is 0 Å². The molecule has 4 aliphatic rings. The van der Waals surface area contributed by atoms with Crippen LogP contribution in [0.3, 0.4) is 0 Å². The van der Waals surface area contributed by atoms with E-state index in [9.17, 15) is 0 Å². The van der Waals surface area contributed by atoms with Crippen molar-refractivity contribution < 1.29 is 0 Å². The molecule has 33 heavy (non-hydrogen) atoms. The van der Waals surface area contributed by atoms with Crippen LogP contribution in [-0.4, -0.2) is 5.84 Å². The van der Waals surface area contributed by atoms with Crippen molar-refractivity contribution in [3.8, 4) is 0 Å². The Morgan fingerprint density at radius 3 is 2.33 bits per heavy atom. The van der Waals surface area contributed by atoms with Gasteiger partial charge in [-0.3, -0.25) is 0 Å². The van der Waals surface area contributed by atoms with E-state index in [0.717, 1.165) is 36.0 Å². The first-order chi connectivity index (χ1) is 15.7. The second-order valence-electron chi connectivity index (χ2n) is 13.2. The second-order valence-corrected chi connectivity index (χ2v) is 13.2. The minimum Gasteiger partial charge on any atom is -0.322 e. The Balaban J connectivity index is 0.00000149. The van der Waals surface area contributed by atoms with Gasteiger partial charge in [-0.15, -0.1) is 0 Å². The zero-order valence-corrected chi connectivity index (χ0v) is 23.1. The average molecular weight is 461 g/mol. The highest BCUT2D eigenvalue weighted by Gasteiger charge is 2.59. The summed E-state index contributed by atoms with van der Waals surface area (Å²) in [4.78, 5) is 0. The smallest absolute Gasteiger partial charge is 0.136 e. The van der Waals surface area contributed by atoms with Gasteiger partial charge in [-0.2, -0.15) is 5.10 Å². The lowest BCUT2D eigenvalue weighted by atomic mass is 9.44. The first-order valence-corrected chi connectivity index (χ1v) is 14.4. The first kappa shape index (κ1) is 26.8. The van der Waals surface area contributed by atoms with Crippen molar-refractivity contribution in [3.05, 3.63) is 0 Å². The van der Waals surface area contributed by atoms with Crippen LogP contribution in [0, 0.1) is 51.8 Å². The van der Waals surface area contributed by atoms with Crippen LogP contribution in [0.25, 0.3) is 0 Å². The molecule has 8 atom stereocenters.